The average molecular weight is 436 g/mol. The number of nitrogens with zero attached hydrogens (tertiary/aromatic N) is 2. The van der Waals surface area contributed by atoms with Crippen molar-refractivity contribution in [2.45, 2.75) is 32.3 Å². The smallest absolute Gasteiger partial charge is 0.343 e. The van der Waals surface area contributed by atoms with Crippen molar-refractivity contribution in [3.8, 4) is 22.9 Å². The number of nitrogens with one attached hydrogen (secondary N) is 2. The summed E-state index contributed by atoms with van der Waals surface area (Å²) in [7, 11) is 2.95. The highest BCUT2D eigenvalue weighted by atomic mass is 16.6. The Morgan fingerprint density at radius 2 is 2.03 bits per heavy atom. The summed E-state index contributed by atoms with van der Waals surface area (Å²) in [5, 5.41) is 10.0. The van der Waals surface area contributed by atoms with Crippen molar-refractivity contribution >= 4 is 17.6 Å². The summed E-state index contributed by atoms with van der Waals surface area (Å²) >= 11 is 0. The number of H-pyrrole nitrogens is 1. The van der Waals surface area contributed by atoms with Crippen molar-refractivity contribution in [2.24, 2.45) is 0 Å². The van der Waals surface area contributed by atoms with Crippen molar-refractivity contribution in [1.29, 1.82) is 0 Å². The zero-order chi connectivity index (χ0) is 22.8. The first-order valence-corrected chi connectivity index (χ1v) is 10.2. The lowest BCUT2D eigenvalue weighted by Crippen LogP contribution is -2.15. The summed E-state index contributed by atoms with van der Waals surface area (Å²) in [6.45, 7) is 4.06. The molecular formula is C23H24N4O5. The standard InChI is InChI=1S/C23H24N4O5/c1-12(2)21-25-22(27-26-21)13-6-5-7-14(10-13)24-18(28)11-17-15-8-9-16(30-3)20(31-4)19(15)23(29)32-17/h5-10,12,17H,11H2,1-4H3,(H,24,28)(H,25,26,27)/t17-/m1/s1. The number of esters is 1. The van der Waals surface area contributed by atoms with Crippen LogP contribution in [0.4, 0.5) is 5.69 Å². The molecule has 1 aliphatic rings. The first kappa shape index (κ1) is 21.4. The van der Waals surface area contributed by atoms with Gasteiger partial charge in [0.15, 0.2) is 17.3 Å². The summed E-state index contributed by atoms with van der Waals surface area (Å²) in [4.78, 5) is 29.6. The Hall–Kier alpha value is -3.88. The van der Waals surface area contributed by atoms with Gasteiger partial charge in [-0.1, -0.05) is 32.0 Å². The number of methoxy groups -OCH3 is 2. The van der Waals surface area contributed by atoms with Crippen LogP contribution in [0, 0.1) is 0 Å². The minimum atomic E-state index is -0.706. The first-order valence-electron chi connectivity index (χ1n) is 10.2. The topological polar surface area (TPSA) is 115 Å². The molecule has 0 aliphatic carbocycles. The molecule has 32 heavy (non-hydrogen) atoms. The maximum Gasteiger partial charge on any atom is 0.343 e. The van der Waals surface area contributed by atoms with Crippen LogP contribution >= 0.6 is 0 Å². The number of aromatic nitrogens is 3. The molecule has 0 saturated carbocycles. The van der Waals surface area contributed by atoms with Gasteiger partial charge in [-0.25, -0.2) is 9.78 Å². The van der Waals surface area contributed by atoms with Gasteiger partial charge in [0, 0.05) is 22.7 Å². The van der Waals surface area contributed by atoms with Crippen molar-refractivity contribution < 1.29 is 23.8 Å². The molecule has 2 N–H and O–H groups in total. The molecule has 0 spiro atoms. The van der Waals surface area contributed by atoms with Crippen LogP contribution < -0.4 is 14.8 Å². The maximum absolute atomic E-state index is 12.7. The molecule has 166 valence electrons. The van der Waals surface area contributed by atoms with Crippen molar-refractivity contribution in [1.82, 2.24) is 15.2 Å². The molecule has 9 nitrogen and oxygen atoms in total. The van der Waals surface area contributed by atoms with Gasteiger partial charge in [-0.2, -0.15) is 5.10 Å². The van der Waals surface area contributed by atoms with Gasteiger partial charge in [0.25, 0.3) is 0 Å². The van der Waals surface area contributed by atoms with E-state index in [0.29, 0.717) is 28.6 Å². The Kier molecular flexibility index (Phi) is 5.81. The number of hydrogen-bond acceptors (Lipinski definition) is 7. The molecule has 1 aliphatic heterocycles. The lowest BCUT2D eigenvalue weighted by Gasteiger charge is -2.13. The van der Waals surface area contributed by atoms with Crippen LogP contribution in [0.3, 0.4) is 0 Å². The molecule has 9 heteroatoms. The van der Waals surface area contributed by atoms with E-state index in [2.05, 4.69) is 20.5 Å². The Morgan fingerprint density at radius 1 is 1.22 bits per heavy atom. The quantitative estimate of drug-likeness (QED) is 0.541. The van der Waals surface area contributed by atoms with E-state index in [1.54, 1.807) is 24.3 Å². The summed E-state index contributed by atoms with van der Waals surface area (Å²) in [5.41, 5.74) is 2.26. The van der Waals surface area contributed by atoms with Gasteiger partial charge in [0.05, 0.1) is 20.6 Å². The fraction of sp³-hybridized carbons (Fsp3) is 0.304. The summed E-state index contributed by atoms with van der Waals surface area (Å²) in [6, 6.07) is 10.7. The first-order chi connectivity index (χ1) is 15.4. The summed E-state index contributed by atoms with van der Waals surface area (Å²) in [6.07, 6.45) is -0.738. The normalized spacial score (nSPS) is 14.8. The average Bonchev–Trinajstić information content (AvgIpc) is 3.39. The minimum absolute atomic E-state index is 0.0311. The van der Waals surface area contributed by atoms with Crippen LogP contribution in [0.15, 0.2) is 36.4 Å². The summed E-state index contributed by atoms with van der Waals surface area (Å²) in [5.74, 6) is 1.49. The molecule has 2 heterocycles. The van der Waals surface area contributed by atoms with E-state index in [1.165, 1.54) is 14.2 Å². The van der Waals surface area contributed by atoms with Gasteiger partial charge in [-0.15, -0.1) is 0 Å². The Morgan fingerprint density at radius 3 is 2.72 bits per heavy atom. The van der Waals surface area contributed by atoms with Crippen LogP contribution in [0.1, 0.15) is 54.0 Å². The second kappa shape index (κ2) is 8.70. The number of amides is 1. The molecular weight excluding hydrogens is 412 g/mol. The van der Waals surface area contributed by atoms with Crippen molar-refractivity contribution in [3.63, 3.8) is 0 Å². The Bertz CT molecular complexity index is 1170. The van der Waals surface area contributed by atoms with Crippen LogP contribution in [0.25, 0.3) is 11.4 Å². The monoisotopic (exact) mass is 436 g/mol. The van der Waals surface area contributed by atoms with Crippen molar-refractivity contribution in [2.75, 3.05) is 19.5 Å². The van der Waals surface area contributed by atoms with Crippen LogP contribution in [0.5, 0.6) is 11.5 Å². The van der Waals surface area contributed by atoms with Gasteiger partial charge in [-0.05, 0) is 18.2 Å². The third-order valence-corrected chi connectivity index (χ3v) is 5.20. The fourth-order valence-electron chi connectivity index (χ4n) is 3.60. The number of ether oxygens (including phenoxy) is 3. The molecule has 0 radical (unpaired) electrons. The van der Waals surface area contributed by atoms with Crippen molar-refractivity contribution in [3.05, 3.63) is 53.3 Å². The molecule has 2 aromatic carbocycles. The highest BCUT2D eigenvalue weighted by Crippen LogP contribution is 2.43. The third kappa shape index (κ3) is 4.01. The second-order valence-corrected chi connectivity index (χ2v) is 7.69. The van der Waals surface area contributed by atoms with E-state index >= 15 is 0 Å². The zero-order valence-corrected chi connectivity index (χ0v) is 18.3. The number of carbonyl (C=O) groups is 2. The number of cyclic esters (lactones) is 1. The molecule has 1 aromatic heterocycles. The molecule has 0 fully saturated rings. The highest BCUT2D eigenvalue weighted by Gasteiger charge is 2.36. The number of rotatable bonds is 7. The van der Waals surface area contributed by atoms with Gasteiger partial charge in [0.2, 0.25) is 5.91 Å². The molecule has 1 atom stereocenters. The van der Waals surface area contributed by atoms with Crippen LogP contribution in [-0.2, 0) is 9.53 Å². The van der Waals surface area contributed by atoms with E-state index in [-0.39, 0.29) is 23.8 Å². The number of hydrogen-bond donors (Lipinski definition) is 2. The number of fused-ring (bicyclic) bond motifs is 1. The van der Waals surface area contributed by atoms with Gasteiger partial charge < -0.3 is 19.5 Å². The SMILES string of the molecule is COc1ccc2c(c1OC)C(=O)O[C@@H]2CC(=O)Nc1cccc(-c2n[nH]c(C(C)C)n2)c1. The van der Waals surface area contributed by atoms with Crippen LogP contribution in [0.2, 0.25) is 0 Å². The van der Waals surface area contributed by atoms with E-state index in [1.807, 2.05) is 26.0 Å². The third-order valence-electron chi connectivity index (χ3n) is 5.20. The predicted octanol–water partition coefficient (Wildman–Crippen LogP) is 3.85. The highest BCUT2D eigenvalue weighted by molar-refractivity contribution is 5.99. The lowest BCUT2D eigenvalue weighted by molar-refractivity contribution is -0.118. The Labute approximate surface area is 185 Å². The maximum atomic E-state index is 12.7. The van der Waals surface area contributed by atoms with E-state index in [4.69, 9.17) is 14.2 Å². The molecule has 0 unspecified atom stereocenters. The van der Waals surface area contributed by atoms with Gasteiger partial charge >= 0.3 is 5.97 Å². The minimum Gasteiger partial charge on any atom is -0.493 e. The number of aromatic amines is 1. The molecule has 4 rings (SSSR count). The van der Waals surface area contributed by atoms with Gasteiger partial charge in [0.1, 0.15) is 17.5 Å². The molecule has 0 saturated heterocycles. The number of benzene rings is 2. The fourth-order valence-corrected chi connectivity index (χ4v) is 3.60. The largest absolute Gasteiger partial charge is 0.493 e. The van der Waals surface area contributed by atoms with E-state index < -0.39 is 12.1 Å². The Balaban J connectivity index is 1.49. The van der Waals surface area contributed by atoms with Gasteiger partial charge in [-0.3, -0.25) is 9.89 Å². The van der Waals surface area contributed by atoms with Crippen LogP contribution in [-0.4, -0.2) is 41.3 Å². The van der Waals surface area contributed by atoms with E-state index in [0.717, 1.165) is 11.4 Å². The molecule has 3 aromatic rings. The summed E-state index contributed by atoms with van der Waals surface area (Å²) < 4.78 is 16.0. The van der Waals surface area contributed by atoms with E-state index in [9.17, 15) is 9.59 Å². The zero-order valence-electron chi connectivity index (χ0n) is 18.3. The predicted molar refractivity (Wildman–Crippen MR) is 117 cm³/mol. The molecule has 1 amide bonds. The second-order valence-electron chi connectivity index (χ2n) is 7.69. The molecule has 0 bridgehead atoms. The number of anilines is 1. The lowest BCUT2D eigenvalue weighted by atomic mass is 10.0. The number of carbonyl (C=O) groups excluding carboxylic acids is 2.